The van der Waals surface area contributed by atoms with E-state index in [0.717, 1.165) is 55.0 Å². The minimum absolute atomic E-state index is 0.888. The van der Waals surface area contributed by atoms with E-state index in [1.807, 2.05) is 0 Å². The number of fused-ring (bicyclic) bond motifs is 21. The summed E-state index contributed by atoms with van der Waals surface area (Å²) < 4.78 is 14.1. The fraction of sp³-hybridized carbons (Fsp3) is 0. The predicted molar refractivity (Wildman–Crippen MR) is 303 cm³/mol. The Balaban J connectivity index is 1.06. The molecule has 0 N–H and O–H groups in total. The van der Waals surface area contributed by atoms with Crippen LogP contribution in [0, 0.1) is 0 Å². The van der Waals surface area contributed by atoms with Crippen molar-refractivity contribution in [3.8, 4) is 66.8 Å². The molecule has 328 valence electrons. The standard InChI is InChI=1S/C70H36O2/c1-3-15-40-37(13-1)34-58-57-36-55-39(33-56(57)47-21-9-19-45(40)62(47)58)29-30-48-42(55)31-32-52-64(48)67(54-26-12-23-50-44-18-6-8-28-61(44)72-70(50)54)66-51-24-10-20-46-41-16-4-2-14-38(41)35-59(63(46)51)68(66)65(52)53-25-11-22-49-43-17-5-7-27-60(43)71-69(49)53/h1-36H. The Morgan fingerprint density at radius 3 is 1.32 bits per heavy atom. The van der Waals surface area contributed by atoms with Crippen molar-refractivity contribution in [3.05, 3.63) is 218 Å². The summed E-state index contributed by atoms with van der Waals surface area (Å²) >= 11 is 0. The maximum Gasteiger partial charge on any atom is 0.143 e. The molecular weight excluding hydrogens is 873 g/mol. The van der Waals surface area contributed by atoms with Crippen LogP contribution in [0.5, 0.6) is 0 Å². The van der Waals surface area contributed by atoms with Crippen LogP contribution in [0.25, 0.3) is 186 Å². The van der Waals surface area contributed by atoms with Gasteiger partial charge in [0.25, 0.3) is 0 Å². The maximum atomic E-state index is 7.07. The van der Waals surface area contributed by atoms with E-state index in [0.29, 0.717) is 0 Å². The average Bonchev–Trinajstić information content (AvgIpc) is 4.19. The van der Waals surface area contributed by atoms with Crippen LogP contribution in [0.2, 0.25) is 0 Å². The number of para-hydroxylation sites is 4. The Bertz CT molecular complexity index is 5220. The van der Waals surface area contributed by atoms with Crippen molar-refractivity contribution in [3.63, 3.8) is 0 Å². The highest BCUT2D eigenvalue weighted by Crippen LogP contribution is 2.61. The van der Waals surface area contributed by atoms with Gasteiger partial charge in [-0.15, -0.1) is 0 Å². The van der Waals surface area contributed by atoms with E-state index < -0.39 is 0 Å². The van der Waals surface area contributed by atoms with E-state index in [-0.39, 0.29) is 0 Å². The zero-order chi connectivity index (χ0) is 46.5. The quantitative estimate of drug-likeness (QED) is 0.162. The summed E-state index contributed by atoms with van der Waals surface area (Å²) in [7, 11) is 0. The largest absolute Gasteiger partial charge is 0.455 e. The van der Waals surface area contributed by atoms with Crippen molar-refractivity contribution in [2.45, 2.75) is 0 Å². The second-order valence-corrected chi connectivity index (χ2v) is 20.1. The third-order valence-electron chi connectivity index (χ3n) is 16.7. The van der Waals surface area contributed by atoms with Gasteiger partial charge in [0.2, 0.25) is 0 Å². The molecule has 2 aromatic heterocycles. The molecule has 0 saturated carbocycles. The molecule has 0 unspecified atom stereocenters. The van der Waals surface area contributed by atoms with Crippen LogP contribution < -0.4 is 0 Å². The first-order chi connectivity index (χ1) is 35.7. The number of rotatable bonds is 2. The highest BCUT2D eigenvalue weighted by atomic mass is 16.3. The number of benzene rings is 14. The first-order valence-electron chi connectivity index (χ1n) is 25.0. The molecule has 2 aliphatic rings. The first-order valence-corrected chi connectivity index (χ1v) is 25.0. The summed E-state index contributed by atoms with van der Waals surface area (Å²) in [6.45, 7) is 0. The third kappa shape index (κ3) is 4.57. The van der Waals surface area contributed by atoms with Gasteiger partial charge in [0.15, 0.2) is 0 Å². The molecule has 0 saturated heterocycles. The minimum Gasteiger partial charge on any atom is -0.455 e. The fourth-order valence-electron chi connectivity index (χ4n) is 13.8. The summed E-state index contributed by atoms with van der Waals surface area (Å²) in [6.07, 6.45) is 0. The molecule has 0 aliphatic heterocycles. The van der Waals surface area contributed by atoms with Crippen molar-refractivity contribution in [2.75, 3.05) is 0 Å². The molecule has 2 heteroatoms. The third-order valence-corrected chi connectivity index (χ3v) is 16.7. The molecular formula is C70H36O2. The van der Waals surface area contributed by atoms with Crippen molar-refractivity contribution >= 4 is 119 Å². The monoisotopic (exact) mass is 908 g/mol. The topological polar surface area (TPSA) is 26.3 Å². The van der Waals surface area contributed by atoms with Crippen molar-refractivity contribution in [2.24, 2.45) is 0 Å². The normalized spacial score (nSPS) is 12.7. The van der Waals surface area contributed by atoms with E-state index >= 15 is 0 Å². The van der Waals surface area contributed by atoms with Gasteiger partial charge in [-0.1, -0.05) is 182 Å². The van der Waals surface area contributed by atoms with Gasteiger partial charge in [0.1, 0.15) is 22.3 Å². The van der Waals surface area contributed by atoms with Crippen molar-refractivity contribution < 1.29 is 8.83 Å². The fourth-order valence-corrected chi connectivity index (χ4v) is 13.8. The van der Waals surface area contributed by atoms with E-state index in [2.05, 4.69) is 218 Å². The van der Waals surface area contributed by atoms with Crippen LogP contribution in [0.3, 0.4) is 0 Å². The zero-order valence-corrected chi connectivity index (χ0v) is 38.6. The van der Waals surface area contributed by atoms with E-state index in [1.165, 1.54) is 131 Å². The van der Waals surface area contributed by atoms with Crippen LogP contribution in [-0.2, 0) is 0 Å². The molecule has 0 bridgehead atoms. The molecule has 0 radical (unpaired) electrons. The average molecular weight is 909 g/mol. The molecule has 0 amide bonds. The van der Waals surface area contributed by atoms with E-state index in [9.17, 15) is 0 Å². The Morgan fingerprint density at radius 2 is 0.639 bits per heavy atom. The highest BCUT2D eigenvalue weighted by molar-refractivity contribution is 6.37. The molecule has 2 heterocycles. The van der Waals surface area contributed by atoms with E-state index in [1.54, 1.807) is 0 Å². The van der Waals surface area contributed by atoms with Gasteiger partial charge >= 0.3 is 0 Å². The Labute approximate surface area is 411 Å². The zero-order valence-electron chi connectivity index (χ0n) is 38.6. The van der Waals surface area contributed by atoms with Gasteiger partial charge < -0.3 is 8.83 Å². The summed E-state index contributed by atoms with van der Waals surface area (Å²) in [4.78, 5) is 0. The lowest BCUT2D eigenvalue weighted by molar-refractivity contribution is 0.669. The minimum atomic E-state index is 0.888. The van der Waals surface area contributed by atoms with Gasteiger partial charge in [0, 0.05) is 43.8 Å². The molecule has 72 heavy (non-hydrogen) atoms. The number of hydrogen-bond donors (Lipinski definition) is 0. The lowest BCUT2D eigenvalue weighted by atomic mass is 9.80. The van der Waals surface area contributed by atoms with Crippen LogP contribution in [0.15, 0.2) is 227 Å². The van der Waals surface area contributed by atoms with Gasteiger partial charge in [-0.05, 0) is 156 Å². The Morgan fingerprint density at radius 1 is 0.194 bits per heavy atom. The van der Waals surface area contributed by atoms with E-state index in [4.69, 9.17) is 8.83 Å². The SMILES string of the molecule is c1ccc2c(c1)cc1c3c(cccc32)-c2cc3ccc4c(ccc5c(-c6cccc7c6oc6ccccc67)c6c(c(-c7cccc8c7oc7ccccc78)c54)-c4cccc5c4c-6cc4ccccc45)c3cc2-1. The van der Waals surface area contributed by atoms with Crippen molar-refractivity contribution in [1.29, 1.82) is 0 Å². The van der Waals surface area contributed by atoms with Gasteiger partial charge in [-0.3, -0.25) is 0 Å². The molecule has 2 aliphatic carbocycles. The van der Waals surface area contributed by atoms with Gasteiger partial charge in [-0.2, -0.15) is 0 Å². The Hall–Kier alpha value is -9.50. The first kappa shape index (κ1) is 37.4. The summed E-state index contributed by atoms with van der Waals surface area (Å²) in [5.41, 5.74) is 18.3. The second-order valence-electron chi connectivity index (χ2n) is 20.1. The molecule has 0 atom stereocenters. The predicted octanol–water partition coefficient (Wildman–Crippen LogP) is 20.2. The second kappa shape index (κ2) is 13.2. The van der Waals surface area contributed by atoms with Crippen LogP contribution >= 0.6 is 0 Å². The smallest absolute Gasteiger partial charge is 0.143 e. The number of hydrogen-bond acceptors (Lipinski definition) is 2. The van der Waals surface area contributed by atoms with Crippen LogP contribution in [0.4, 0.5) is 0 Å². The molecule has 0 spiro atoms. The molecule has 14 aromatic carbocycles. The summed E-state index contributed by atoms with van der Waals surface area (Å²) in [5.74, 6) is 0. The molecule has 0 fully saturated rings. The van der Waals surface area contributed by atoms with Crippen LogP contribution in [-0.4, -0.2) is 0 Å². The maximum absolute atomic E-state index is 7.07. The lowest BCUT2D eigenvalue weighted by Crippen LogP contribution is -1.96. The highest BCUT2D eigenvalue weighted by Gasteiger charge is 2.34. The Kier molecular flexibility index (Phi) is 6.87. The van der Waals surface area contributed by atoms with Crippen LogP contribution in [0.1, 0.15) is 0 Å². The summed E-state index contributed by atoms with van der Waals surface area (Å²) in [5, 5.41) is 22.0. The lowest BCUT2D eigenvalue weighted by Gasteiger charge is -2.22. The van der Waals surface area contributed by atoms with Gasteiger partial charge in [-0.25, -0.2) is 0 Å². The molecule has 16 aromatic rings. The number of furan rings is 2. The molecule has 2 nitrogen and oxygen atoms in total. The van der Waals surface area contributed by atoms with Gasteiger partial charge in [0.05, 0.1) is 0 Å². The van der Waals surface area contributed by atoms with Crippen molar-refractivity contribution in [1.82, 2.24) is 0 Å². The summed E-state index contributed by atoms with van der Waals surface area (Å²) in [6, 6.07) is 81.3. The molecule has 18 rings (SSSR count).